The van der Waals surface area contributed by atoms with Crippen LogP contribution in [0.25, 0.3) is 32.4 Å². The zero-order chi connectivity index (χ0) is 24.9. The van der Waals surface area contributed by atoms with Crippen molar-refractivity contribution in [3.63, 3.8) is 0 Å². The molecule has 4 aromatic carbocycles. The molecule has 8 rings (SSSR count). The predicted octanol–water partition coefficient (Wildman–Crippen LogP) is 8.09. The number of benzene rings is 4. The van der Waals surface area contributed by atoms with Crippen molar-refractivity contribution in [2.24, 2.45) is 11.8 Å². The van der Waals surface area contributed by atoms with Gasteiger partial charge in [-0.1, -0.05) is 73.5 Å². The van der Waals surface area contributed by atoms with E-state index in [1.807, 2.05) is 6.20 Å². The fourth-order valence-corrected chi connectivity index (χ4v) is 7.09. The zero-order valence-electron chi connectivity index (χ0n) is 21.7. The van der Waals surface area contributed by atoms with Crippen LogP contribution in [0.15, 0.2) is 85.1 Å². The lowest BCUT2D eigenvalue weighted by Gasteiger charge is -2.52. The molecule has 0 aliphatic carbocycles. The van der Waals surface area contributed by atoms with Gasteiger partial charge in [0.2, 0.25) is 0 Å². The lowest BCUT2D eigenvalue weighted by Crippen LogP contribution is -2.56. The van der Waals surface area contributed by atoms with Crippen molar-refractivity contribution in [1.29, 1.82) is 0 Å². The van der Waals surface area contributed by atoms with Crippen molar-refractivity contribution in [2.75, 3.05) is 13.1 Å². The van der Waals surface area contributed by atoms with Gasteiger partial charge < -0.3 is 4.74 Å². The van der Waals surface area contributed by atoms with Crippen molar-refractivity contribution in [2.45, 2.75) is 45.3 Å². The number of hydrogen-bond acceptors (Lipinski definition) is 3. The van der Waals surface area contributed by atoms with Gasteiger partial charge in [0, 0.05) is 29.1 Å². The maximum Gasteiger partial charge on any atom is 0.140 e. The van der Waals surface area contributed by atoms with Crippen LogP contribution in [0, 0.1) is 18.8 Å². The monoisotopic (exact) mass is 486 g/mol. The smallest absolute Gasteiger partial charge is 0.140 e. The Hall–Kier alpha value is -3.43. The molecule has 0 amide bonds. The van der Waals surface area contributed by atoms with E-state index in [4.69, 9.17) is 9.72 Å². The SMILES string of the molecule is CCC1CN2CCC1C[C@H]2[C@H](Oc1cc2ccccc2c2ccccc12)c1ccnc2ccc(C)cc12. The third-order valence-corrected chi connectivity index (χ3v) is 9.03. The Kier molecular flexibility index (Phi) is 5.62. The van der Waals surface area contributed by atoms with E-state index < -0.39 is 0 Å². The Bertz CT molecular complexity index is 1610. The van der Waals surface area contributed by atoms with Crippen molar-refractivity contribution in [3.05, 3.63) is 96.2 Å². The Morgan fingerprint density at radius 1 is 0.919 bits per heavy atom. The minimum Gasteiger partial charge on any atom is -0.483 e. The second kappa shape index (κ2) is 9.15. The molecule has 3 aliphatic heterocycles. The Balaban J connectivity index is 1.41. The lowest BCUT2D eigenvalue weighted by molar-refractivity contribution is -0.0480. The highest BCUT2D eigenvalue weighted by Gasteiger charge is 2.44. The van der Waals surface area contributed by atoms with Crippen molar-refractivity contribution < 1.29 is 4.74 Å². The molecule has 4 heterocycles. The Labute approximate surface area is 219 Å². The highest BCUT2D eigenvalue weighted by atomic mass is 16.5. The summed E-state index contributed by atoms with van der Waals surface area (Å²) in [5.41, 5.74) is 3.56. The number of fused-ring (bicyclic) bond motifs is 7. The van der Waals surface area contributed by atoms with Gasteiger partial charge in [0.05, 0.1) is 11.6 Å². The number of hydrogen-bond donors (Lipinski definition) is 0. The highest BCUT2D eigenvalue weighted by Crippen LogP contribution is 2.45. The summed E-state index contributed by atoms with van der Waals surface area (Å²) in [6.45, 7) is 6.88. The molecule has 3 heteroatoms. The third-order valence-electron chi connectivity index (χ3n) is 9.03. The van der Waals surface area contributed by atoms with E-state index in [-0.39, 0.29) is 6.10 Å². The van der Waals surface area contributed by atoms with Gasteiger partial charge in [0.1, 0.15) is 11.9 Å². The topological polar surface area (TPSA) is 25.4 Å². The summed E-state index contributed by atoms with van der Waals surface area (Å²) in [7, 11) is 0. The van der Waals surface area contributed by atoms with Gasteiger partial charge in [-0.05, 0) is 78.6 Å². The first-order chi connectivity index (χ1) is 18.2. The molecule has 3 nitrogen and oxygen atoms in total. The van der Waals surface area contributed by atoms with Gasteiger partial charge in [0.15, 0.2) is 0 Å². The van der Waals surface area contributed by atoms with Crippen LogP contribution in [0.2, 0.25) is 0 Å². The van der Waals surface area contributed by atoms with E-state index in [0.29, 0.717) is 6.04 Å². The van der Waals surface area contributed by atoms with E-state index in [9.17, 15) is 0 Å². The largest absolute Gasteiger partial charge is 0.483 e. The standard InChI is InChI=1S/C34H34N2O/c1-3-23-21-36-17-15-24(23)19-32(36)34(29-14-16-35-31-13-12-22(2)18-30(29)31)37-33-20-25-8-4-5-9-26(25)27-10-6-7-11-28(27)33/h4-14,16,18,20,23-24,32,34H,3,15,17,19,21H2,1-2H3/t23?,24?,32-,34+/m0/s1. The second-order valence-electron chi connectivity index (χ2n) is 11.1. The average Bonchev–Trinajstić information content (AvgIpc) is 2.96. The molecule has 5 atom stereocenters. The van der Waals surface area contributed by atoms with Crippen LogP contribution in [-0.4, -0.2) is 29.0 Å². The first kappa shape index (κ1) is 22.7. The van der Waals surface area contributed by atoms with E-state index in [2.05, 4.69) is 97.6 Å². The minimum atomic E-state index is -0.0579. The van der Waals surface area contributed by atoms with Gasteiger partial charge in [-0.25, -0.2) is 0 Å². The number of nitrogens with zero attached hydrogens (tertiary/aromatic N) is 2. The second-order valence-corrected chi connectivity index (χ2v) is 11.1. The molecule has 1 aromatic heterocycles. The maximum absolute atomic E-state index is 7.26. The molecule has 186 valence electrons. The molecule has 3 unspecified atom stereocenters. The predicted molar refractivity (Wildman–Crippen MR) is 153 cm³/mol. The molecule has 0 N–H and O–H groups in total. The van der Waals surface area contributed by atoms with Crippen molar-refractivity contribution in [3.8, 4) is 5.75 Å². The van der Waals surface area contributed by atoms with Crippen LogP contribution in [0.1, 0.15) is 43.4 Å². The highest BCUT2D eigenvalue weighted by molar-refractivity contribution is 6.10. The zero-order valence-corrected chi connectivity index (χ0v) is 21.7. The van der Waals surface area contributed by atoms with Gasteiger partial charge in [-0.3, -0.25) is 9.88 Å². The summed E-state index contributed by atoms with van der Waals surface area (Å²) < 4.78 is 7.26. The lowest BCUT2D eigenvalue weighted by atomic mass is 9.72. The van der Waals surface area contributed by atoms with Gasteiger partial charge >= 0.3 is 0 Å². The van der Waals surface area contributed by atoms with Crippen LogP contribution in [0.4, 0.5) is 0 Å². The van der Waals surface area contributed by atoms with Crippen LogP contribution in [0.3, 0.4) is 0 Å². The molecular weight excluding hydrogens is 452 g/mol. The van der Waals surface area contributed by atoms with Gasteiger partial charge in [-0.2, -0.15) is 0 Å². The van der Waals surface area contributed by atoms with Crippen LogP contribution in [-0.2, 0) is 0 Å². The molecule has 3 saturated heterocycles. The maximum atomic E-state index is 7.26. The molecule has 3 fully saturated rings. The van der Waals surface area contributed by atoms with Crippen LogP contribution >= 0.6 is 0 Å². The number of aryl methyl sites for hydroxylation is 1. The van der Waals surface area contributed by atoms with Gasteiger partial charge in [-0.15, -0.1) is 0 Å². The minimum absolute atomic E-state index is 0.0579. The summed E-state index contributed by atoms with van der Waals surface area (Å²) in [5.74, 6) is 2.57. The normalized spacial score (nSPS) is 24.1. The summed E-state index contributed by atoms with van der Waals surface area (Å²) in [6, 6.07) is 28.8. The van der Waals surface area contributed by atoms with E-state index in [0.717, 1.165) is 23.1 Å². The molecule has 0 radical (unpaired) electrons. The quantitative estimate of drug-likeness (QED) is 0.235. The number of piperidine rings is 3. The summed E-state index contributed by atoms with van der Waals surface area (Å²) in [5, 5.41) is 6.15. The average molecular weight is 487 g/mol. The number of pyridine rings is 1. The number of ether oxygens (including phenoxy) is 1. The van der Waals surface area contributed by atoms with Crippen molar-refractivity contribution >= 4 is 32.4 Å². The Morgan fingerprint density at radius 2 is 1.73 bits per heavy atom. The van der Waals surface area contributed by atoms with E-state index >= 15 is 0 Å². The van der Waals surface area contributed by atoms with Gasteiger partial charge in [0.25, 0.3) is 0 Å². The molecular formula is C34H34N2O. The van der Waals surface area contributed by atoms with Crippen LogP contribution < -0.4 is 4.74 Å². The first-order valence-corrected chi connectivity index (χ1v) is 13.9. The third kappa shape index (κ3) is 3.88. The molecule has 37 heavy (non-hydrogen) atoms. The van der Waals surface area contributed by atoms with E-state index in [1.54, 1.807) is 0 Å². The Morgan fingerprint density at radius 3 is 2.54 bits per heavy atom. The number of rotatable bonds is 5. The summed E-state index contributed by atoms with van der Waals surface area (Å²) >= 11 is 0. The molecule has 5 aromatic rings. The summed E-state index contributed by atoms with van der Waals surface area (Å²) in [4.78, 5) is 7.44. The fourth-order valence-electron chi connectivity index (χ4n) is 7.09. The first-order valence-electron chi connectivity index (χ1n) is 13.9. The molecule has 0 spiro atoms. The fraction of sp³-hybridized carbons (Fsp3) is 0.324. The molecule has 0 saturated carbocycles. The molecule has 2 bridgehead atoms. The van der Waals surface area contributed by atoms with Crippen LogP contribution in [0.5, 0.6) is 5.75 Å². The summed E-state index contributed by atoms with van der Waals surface area (Å²) in [6.07, 6.45) is 5.69. The van der Waals surface area contributed by atoms with Crippen molar-refractivity contribution in [1.82, 2.24) is 9.88 Å². The van der Waals surface area contributed by atoms with E-state index in [1.165, 1.54) is 70.4 Å². The number of aromatic nitrogens is 1. The molecule has 3 aliphatic rings.